The summed E-state index contributed by atoms with van der Waals surface area (Å²) in [5.41, 5.74) is 7.82. The van der Waals surface area contributed by atoms with E-state index in [2.05, 4.69) is 26.2 Å². The summed E-state index contributed by atoms with van der Waals surface area (Å²) in [6, 6.07) is 8.98. The average Bonchev–Trinajstić information content (AvgIpc) is 2.33. The molecule has 0 aliphatic heterocycles. The van der Waals surface area contributed by atoms with Crippen LogP contribution >= 0.6 is 15.9 Å². The molecule has 5 heteroatoms. The van der Waals surface area contributed by atoms with Crippen LogP contribution in [0.25, 0.3) is 0 Å². The number of nitrogens with one attached hydrogen (secondary N) is 1. The Labute approximate surface area is 113 Å². The number of anilines is 3. The zero-order chi connectivity index (χ0) is 13.1. The van der Waals surface area contributed by atoms with Crippen molar-refractivity contribution in [1.29, 1.82) is 0 Å². The lowest BCUT2D eigenvalue weighted by Crippen LogP contribution is -2.00. The zero-order valence-electron chi connectivity index (χ0n) is 9.77. The minimum absolute atomic E-state index is 0.0235. The predicted molar refractivity (Wildman–Crippen MR) is 76.1 cm³/mol. The largest absolute Gasteiger partial charge is 0.396 e. The molecule has 0 saturated heterocycles. The summed E-state index contributed by atoms with van der Waals surface area (Å²) in [6.07, 6.45) is 1.66. The van der Waals surface area contributed by atoms with Crippen LogP contribution in [0.4, 0.5) is 17.2 Å². The Morgan fingerprint density at radius 1 is 1.39 bits per heavy atom. The van der Waals surface area contributed by atoms with E-state index < -0.39 is 0 Å². The fourth-order valence-corrected chi connectivity index (χ4v) is 1.86. The first kappa shape index (κ1) is 12.6. The van der Waals surface area contributed by atoms with Crippen LogP contribution in [0, 0.1) is 0 Å². The van der Waals surface area contributed by atoms with Gasteiger partial charge in [-0.2, -0.15) is 0 Å². The first-order valence-corrected chi connectivity index (χ1v) is 6.14. The molecular formula is C13H12BrN3O. The lowest BCUT2D eigenvalue weighted by molar-refractivity contribution is 0.101. The van der Waals surface area contributed by atoms with Crippen molar-refractivity contribution in [2.24, 2.45) is 0 Å². The SMILES string of the molecule is CC(=O)c1cccc(Nc2ncc(Br)cc2N)c1. The molecule has 2 rings (SSSR count). The number of nitrogen functional groups attached to an aromatic ring is 1. The lowest BCUT2D eigenvalue weighted by Gasteiger charge is -2.09. The van der Waals surface area contributed by atoms with Crippen LogP contribution in [0.2, 0.25) is 0 Å². The summed E-state index contributed by atoms with van der Waals surface area (Å²) in [5.74, 6) is 0.592. The van der Waals surface area contributed by atoms with Crippen LogP contribution in [0.15, 0.2) is 41.0 Å². The van der Waals surface area contributed by atoms with Gasteiger partial charge >= 0.3 is 0 Å². The Kier molecular flexibility index (Phi) is 3.62. The first-order valence-electron chi connectivity index (χ1n) is 5.35. The molecule has 0 amide bonds. The summed E-state index contributed by atoms with van der Waals surface area (Å²) in [5, 5.41) is 3.09. The maximum absolute atomic E-state index is 11.3. The van der Waals surface area contributed by atoms with Crippen molar-refractivity contribution in [1.82, 2.24) is 4.98 Å². The lowest BCUT2D eigenvalue weighted by atomic mass is 10.1. The van der Waals surface area contributed by atoms with Gasteiger partial charge in [0, 0.05) is 21.9 Å². The van der Waals surface area contributed by atoms with Gasteiger partial charge in [-0.05, 0) is 41.1 Å². The van der Waals surface area contributed by atoms with Crippen LogP contribution in [-0.4, -0.2) is 10.8 Å². The van der Waals surface area contributed by atoms with Gasteiger partial charge in [-0.15, -0.1) is 0 Å². The van der Waals surface area contributed by atoms with Crippen LogP contribution in [0.5, 0.6) is 0 Å². The predicted octanol–water partition coefficient (Wildman–Crippen LogP) is 3.37. The number of benzene rings is 1. The van der Waals surface area contributed by atoms with Gasteiger partial charge < -0.3 is 11.1 Å². The highest BCUT2D eigenvalue weighted by molar-refractivity contribution is 9.10. The van der Waals surface area contributed by atoms with Gasteiger partial charge in [0.1, 0.15) is 0 Å². The van der Waals surface area contributed by atoms with E-state index in [1.54, 1.807) is 24.4 Å². The number of carbonyl (C=O) groups is 1. The number of aromatic nitrogens is 1. The molecule has 1 aromatic carbocycles. The molecule has 18 heavy (non-hydrogen) atoms. The quantitative estimate of drug-likeness (QED) is 0.853. The van der Waals surface area contributed by atoms with Crippen molar-refractivity contribution in [3.63, 3.8) is 0 Å². The van der Waals surface area contributed by atoms with Gasteiger partial charge in [-0.1, -0.05) is 12.1 Å². The summed E-state index contributed by atoms with van der Waals surface area (Å²) in [7, 11) is 0. The molecule has 2 aromatic rings. The number of nitrogens with zero attached hydrogens (tertiary/aromatic N) is 1. The molecule has 0 fully saturated rings. The number of nitrogens with two attached hydrogens (primary N) is 1. The fourth-order valence-electron chi connectivity index (χ4n) is 1.51. The molecule has 0 atom stereocenters. The van der Waals surface area contributed by atoms with E-state index in [4.69, 9.17) is 5.73 Å². The van der Waals surface area contributed by atoms with Crippen LogP contribution in [-0.2, 0) is 0 Å². The van der Waals surface area contributed by atoms with Crippen molar-refractivity contribution >= 4 is 38.9 Å². The topological polar surface area (TPSA) is 68.0 Å². The van der Waals surface area contributed by atoms with Crippen LogP contribution < -0.4 is 11.1 Å². The van der Waals surface area contributed by atoms with Crippen molar-refractivity contribution < 1.29 is 4.79 Å². The molecule has 0 spiro atoms. The Hall–Kier alpha value is -1.88. The van der Waals surface area contributed by atoms with Gasteiger partial charge in [0.15, 0.2) is 11.6 Å². The molecule has 0 unspecified atom stereocenters. The highest BCUT2D eigenvalue weighted by Gasteiger charge is 2.04. The van der Waals surface area contributed by atoms with E-state index in [-0.39, 0.29) is 5.78 Å². The Bertz CT molecular complexity index is 599. The second kappa shape index (κ2) is 5.18. The molecule has 4 nitrogen and oxygen atoms in total. The third kappa shape index (κ3) is 2.87. The Morgan fingerprint density at radius 2 is 2.17 bits per heavy atom. The monoisotopic (exact) mass is 305 g/mol. The van der Waals surface area contributed by atoms with Gasteiger partial charge in [0.25, 0.3) is 0 Å². The number of hydrogen-bond acceptors (Lipinski definition) is 4. The molecule has 0 bridgehead atoms. The van der Waals surface area contributed by atoms with E-state index in [1.807, 2.05) is 12.1 Å². The highest BCUT2D eigenvalue weighted by atomic mass is 79.9. The summed E-state index contributed by atoms with van der Waals surface area (Å²) < 4.78 is 0.822. The maximum atomic E-state index is 11.3. The van der Waals surface area contributed by atoms with Crippen molar-refractivity contribution in [3.05, 3.63) is 46.6 Å². The second-order valence-corrected chi connectivity index (χ2v) is 4.77. The van der Waals surface area contributed by atoms with Crippen molar-refractivity contribution in [3.8, 4) is 0 Å². The number of pyridine rings is 1. The molecule has 1 heterocycles. The standard InChI is InChI=1S/C13H12BrN3O/c1-8(18)9-3-2-4-11(5-9)17-13-12(15)6-10(14)7-16-13/h2-7H,15H2,1H3,(H,16,17). The summed E-state index contributed by atoms with van der Waals surface area (Å²) in [4.78, 5) is 15.5. The van der Waals surface area contributed by atoms with Crippen molar-refractivity contribution in [2.45, 2.75) is 6.92 Å². The molecule has 0 radical (unpaired) electrons. The minimum Gasteiger partial charge on any atom is -0.396 e. The average molecular weight is 306 g/mol. The van der Waals surface area contributed by atoms with E-state index in [0.717, 1.165) is 10.2 Å². The number of carbonyl (C=O) groups excluding carboxylic acids is 1. The second-order valence-electron chi connectivity index (χ2n) is 3.85. The normalized spacial score (nSPS) is 10.1. The molecular weight excluding hydrogens is 294 g/mol. The van der Waals surface area contributed by atoms with E-state index in [1.165, 1.54) is 6.92 Å². The highest BCUT2D eigenvalue weighted by Crippen LogP contribution is 2.24. The van der Waals surface area contributed by atoms with E-state index >= 15 is 0 Å². The van der Waals surface area contributed by atoms with Gasteiger partial charge in [0.2, 0.25) is 0 Å². The third-order valence-electron chi connectivity index (χ3n) is 2.42. The van der Waals surface area contributed by atoms with Gasteiger partial charge in [-0.25, -0.2) is 4.98 Å². The first-order chi connectivity index (χ1) is 8.56. The minimum atomic E-state index is 0.0235. The van der Waals surface area contributed by atoms with Crippen LogP contribution in [0.3, 0.4) is 0 Å². The summed E-state index contributed by atoms with van der Waals surface area (Å²) >= 11 is 3.30. The van der Waals surface area contributed by atoms with E-state index in [0.29, 0.717) is 17.1 Å². The summed E-state index contributed by atoms with van der Waals surface area (Å²) in [6.45, 7) is 1.53. The number of Topliss-reactive ketones (excluding diaryl/α,β-unsaturated/α-hetero) is 1. The van der Waals surface area contributed by atoms with Gasteiger partial charge in [-0.3, -0.25) is 4.79 Å². The number of rotatable bonds is 3. The Balaban J connectivity index is 2.28. The smallest absolute Gasteiger partial charge is 0.159 e. The molecule has 1 aromatic heterocycles. The number of hydrogen-bond donors (Lipinski definition) is 2. The van der Waals surface area contributed by atoms with Gasteiger partial charge in [0.05, 0.1) is 5.69 Å². The number of halogens is 1. The maximum Gasteiger partial charge on any atom is 0.159 e. The zero-order valence-corrected chi connectivity index (χ0v) is 11.4. The molecule has 0 saturated carbocycles. The molecule has 0 aliphatic carbocycles. The van der Waals surface area contributed by atoms with E-state index in [9.17, 15) is 4.79 Å². The number of ketones is 1. The van der Waals surface area contributed by atoms with Crippen LogP contribution in [0.1, 0.15) is 17.3 Å². The van der Waals surface area contributed by atoms with Crippen molar-refractivity contribution in [2.75, 3.05) is 11.1 Å². The molecule has 0 aliphatic rings. The Morgan fingerprint density at radius 3 is 2.83 bits per heavy atom. The molecule has 3 N–H and O–H groups in total. The fraction of sp³-hybridized carbons (Fsp3) is 0.0769. The third-order valence-corrected chi connectivity index (χ3v) is 2.85. The molecule has 92 valence electrons.